The first kappa shape index (κ1) is 11.9. The van der Waals surface area contributed by atoms with Crippen LogP contribution in [0, 0.1) is 0 Å². The van der Waals surface area contributed by atoms with Crippen LogP contribution in [0.15, 0.2) is 24.5 Å². The molecule has 1 aliphatic rings. The Morgan fingerprint density at radius 3 is 3.00 bits per heavy atom. The lowest BCUT2D eigenvalue weighted by Crippen LogP contribution is -2.43. The van der Waals surface area contributed by atoms with E-state index >= 15 is 0 Å². The van der Waals surface area contributed by atoms with E-state index in [1.165, 1.54) is 0 Å². The van der Waals surface area contributed by atoms with Crippen molar-refractivity contribution in [3.8, 4) is 0 Å². The molecule has 0 aromatic carbocycles. The second-order valence-corrected chi connectivity index (χ2v) is 4.22. The number of amides is 2. The average Bonchev–Trinajstić information content (AvgIpc) is 2.83. The van der Waals surface area contributed by atoms with Crippen molar-refractivity contribution < 1.29 is 9.53 Å². The van der Waals surface area contributed by atoms with E-state index in [1.54, 1.807) is 24.3 Å². The predicted octanol–water partition coefficient (Wildman–Crippen LogP) is 1.01. The quantitative estimate of drug-likeness (QED) is 0.850. The summed E-state index contributed by atoms with van der Waals surface area (Å²) in [7, 11) is 1.78. The number of aromatic nitrogens is 1. The third-order valence-corrected chi connectivity index (χ3v) is 2.77. The Hall–Kier alpha value is -1.62. The number of carbonyl (C=O) groups excluding carboxylic acids is 1. The van der Waals surface area contributed by atoms with Crippen LogP contribution in [0.5, 0.6) is 0 Å². The highest BCUT2D eigenvalue weighted by atomic mass is 16.5. The Morgan fingerprint density at radius 1 is 1.59 bits per heavy atom. The molecule has 5 heteroatoms. The SMILES string of the molecule is CN(Cc1ccncc1)C(=O)NC1CCOC1. The summed E-state index contributed by atoms with van der Waals surface area (Å²) in [5.41, 5.74) is 1.07. The molecular formula is C12H17N3O2. The number of urea groups is 1. The largest absolute Gasteiger partial charge is 0.379 e. The van der Waals surface area contributed by atoms with Crippen LogP contribution in [0.1, 0.15) is 12.0 Å². The fourth-order valence-electron chi connectivity index (χ4n) is 1.77. The first-order valence-corrected chi connectivity index (χ1v) is 5.74. The molecule has 1 aromatic heterocycles. The molecule has 92 valence electrons. The van der Waals surface area contributed by atoms with Crippen molar-refractivity contribution >= 4 is 6.03 Å². The van der Waals surface area contributed by atoms with E-state index in [0.717, 1.165) is 18.6 Å². The Morgan fingerprint density at radius 2 is 2.35 bits per heavy atom. The molecule has 2 amide bonds. The van der Waals surface area contributed by atoms with Crippen molar-refractivity contribution in [2.45, 2.75) is 19.0 Å². The van der Waals surface area contributed by atoms with Gasteiger partial charge in [-0.05, 0) is 24.1 Å². The summed E-state index contributed by atoms with van der Waals surface area (Å²) in [6.07, 6.45) is 4.35. The van der Waals surface area contributed by atoms with Crippen LogP contribution in [-0.4, -0.2) is 42.2 Å². The van der Waals surface area contributed by atoms with Crippen molar-refractivity contribution in [2.24, 2.45) is 0 Å². The van der Waals surface area contributed by atoms with Gasteiger partial charge in [-0.25, -0.2) is 4.79 Å². The molecule has 1 saturated heterocycles. The number of nitrogens with zero attached hydrogens (tertiary/aromatic N) is 2. The molecule has 0 aliphatic carbocycles. The molecule has 1 fully saturated rings. The lowest BCUT2D eigenvalue weighted by Gasteiger charge is -2.20. The average molecular weight is 235 g/mol. The first-order chi connectivity index (χ1) is 8.25. The smallest absolute Gasteiger partial charge is 0.317 e. The molecule has 0 saturated carbocycles. The molecule has 0 radical (unpaired) electrons. The van der Waals surface area contributed by atoms with Crippen LogP contribution in [0.4, 0.5) is 4.79 Å². The number of ether oxygens (including phenoxy) is 1. The molecule has 17 heavy (non-hydrogen) atoms. The maximum atomic E-state index is 11.8. The van der Waals surface area contributed by atoms with E-state index in [9.17, 15) is 4.79 Å². The maximum Gasteiger partial charge on any atom is 0.317 e. The van der Waals surface area contributed by atoms with Gasteiger partial charge in [-0.3, -0.25) is 4.98 Å². The first-order valence-electron chi connectivity index (χ1n) is 5.74. The van der Waals surface area contributed by atoms with Gasteiger partial charge in [-0.2, -0.15) is 0 Å². The van der Waals surface area contributed by atoms with Gasteiger partial charge in [-0.15, -0.1) is 0 Å². The third-order valence-electron chi connectivity index (χ3n) is 2.77. The zero-order valence-electron chi connectivity index (χ0n) is 9.93. The van der Waals surface area contributed by atoms with Gasteiger partial charge in [0, 0.05) is 32.6 Å². The number of rotatable bonds is 3. The summed E-state index contributed by atoms with van der Waals surface area (Å²) < 4.78 is 5.21. The molecule has 1 N–H and O–H groups in total. The summed E-state index contributed by atoms with van der Waals surface area (Å²) in [5.74, 6) is 0. The normalized spacial score (nSPS) is 19.0. The Balaban J connectivity index is 1.82. The second kappa shape index (κ2) is 5.63. The number of hydrogen-bond acceptors (Lipinski definition) is 3. The molecule has 0 spiro atoms. The lowest BCUT2D eigenvalue weighted by atomic mass is 10.2. The van der Waals surface area contributed by atoms with Crippen molar-refractivity contribution in [2.75, 3.05) is 20.3 Å². The van der Waals surface area contributed by atoms with Crippen LogP contribution >= 0.6 is 0 Å². The van der Waals surface area contributed by atoms with Gasteiger partial charge >= 0.3 is 6.03 Å². The monoisotopic (exact) mass is 235 g/mol. The lowest BCUT2D eigenvalue weighted by molar-refractivity contribution is 0.181. The summed E-state index contributed by atoms with van der Waals surface area (Å²) in [6, 6.07) is 3.91. The van der Waals surface area contributed by atoms with Crippen LogP contribution in [-0.2, 0) is 11.3 Å². The van der Waals surface area contributed by atoms with Crippen molar-refractivity contribution in [3.63, 3.8) is 0 Å². The van der Waals surface area contributed by atoms with Gasteiger partial charge in [-0.1, -0.05) is 0 Å². The van der Waals surface area contributed by atoms with E-state index in [0.29, 0.717) is 13.2 Å². The Bertz CT molecular complexity index is 363. The molecular weight excluding hydrogens is 218 g/mol. The Labute approximate surface area is 101 Å². The predicted molar refractivity (Wildman–Crippen MR) is 63.5 cm³/mol. The summed E-state index contributed by atoms with van der Waals surface area (Å²) in [5, 5.41) is 2.95. The highest BCUT2D eigenvalue weighted by Gasteiger charge is 2.19. The number of pyridine rings is 1. The highest BCUT2D eigenvalue weighted by molar-refractivity contribution is 5.74. The topological polar surface area (TPSA) is 54.5 Å². The van der Waals surface area contributed by atoms with E-state index in [-0.39, 0.29) is 12.1 Å². The van der Waals surface area contributed by atoms with Crippen LogP contribution in [0.25, 0.3) is 0 Å². The Kier molecular flexibility index (Phi) is 3.93. The van der Waals surface area contributed by atoms with Gasteiger partial charge in [0.05, 0.1) is 12.6 Å². The van der Waals surface area contributed by atoms with E-state index in [2.05, 4.69) is 10.3 Å². The molecule has 1 aromatic rings. The zero-order valence-corrected chi connectivity index (χ0v) is 9.93. The third kappa shape index (κ3) is 3.42. The fourth-order valence-corrected chi connectivity index (χ4v) is 1.77. The number of hydrogen-bond donors (Lipinski definition) is 1. The van der Waals surface area contributed by atoms with E-state index in [1.807, 2.05) is 12.1 Å². The fraction of sp³-hybridized carbons (Fsp3) is 0.500. The highest BCUT2D eigenvalue weighted by Crippen LogP contribution is 2.05. The molecule has 1 aliphatic heterocycles. The number of nitrogens with one attached hydrogen (secondary N) is 1. The van der Waals surface area contributed by atoms with Gasteiger partial charge in [0.25, 0.3) is 0 Å². The molecule has 2 heterocycles. The van der Waals surface area contributed by atoms with Crippen molar-refractivity contribution in [1.29, 1.82) is 0 Å². The molecule has 0 bridgehead atoms. The minimum atomic E-state index is -0.0580. The van der Waals surface area contributed by atoms with Gasteiger partial charge in [0.1, 0.15) is 0 Å². The van der Waals surface area contributed by atoms with Crippen LogP contribution < -0.4 is 5.32 Å². The van der Waals surface area contributed by atoms with Gasteiger partial charge in [0.15, 0.2) is 0 Å². The summed E-state index contributed by atoms with van der Waals surface area (Å²) >= 11 is 0. The maximum absolute atomic E-state index is 11.8. The van der Waals surface area contributed by atoms with E-state index in [4.69, 9.17) is 4.74 Å². The van der Waals surface area contributed by atoms with Crippen LogP contribution in [0.2, 0.25) is 0 Å². The molecule has 1 unspecified atom stereocenters. The zero-order chi connectivity index (χ0) is 12.1. The van der Waals surface area contributed by atoms with Gasteiger partial charge < -0.3 is 15.0 Å². The summed E-state index contributed by atoms with van der Waals surface area (Å²) in [6.45, 7) is 1.94. The second-order valence-electron chi connectivity index (χ2n) is 4.22. The number of carbonyl (C=O) groups is 1. The van der Waals surface area contributed by atoms with Gasteiger partial charge in [0.2, 0.25) is 0 Å². The minimum absolute atomic E-state index is 0.0580. The molecule has 2 rings (SSSR count). The molecule has 1 atom stereocenters. The van der Waals surface area contributed by atoms with Crippen LogP contribution in [0.3, 0.4) is 0 Å². The van der Waals surface area contributed by atoms with E-state index < -0.39 is 0 Å². The molecule has 5 nitrogen and oxygen atoms in total. The summed E-state index contributed by atoms with van der Waals surface area (Å²) in [4.78, 5) is 17.5. The van der Waals surface area contributed by atoms with Crippen molar-refractivity contribution in [1.82, 2.24) is 15.2 Å². The standard InChI is InChI=1S/C12H17N3O2/c1-15(8-10-2-5-13-6-3-10)12(16)14-11-4-7-17-9-11/h2-3,5-6,11H,4,7-9H2,1H3,(H,14,16). The van der Waals surface area contributed by atoms with Crippen molar-refractivity contribution in [3.05, 3.63) is 30.1 Å². The minimum Gasteiger partial charge on any atom is -0.379 e.